The van der Waals surface area contributed by atoms with Crippen LogP contribution in [0.5, 0.6) is 0 Å². The summed E-state index contributed by atoms with van der Waals surface area (Å²) in [6.07, 6.45) is 0.520. The van der Waals surface area contributed by atoms with Crippen molar-refractivity contribution in [3.63, 3.8) is 0 Å². The molecular weight excluding hydrogens is 328 g/mol. The first-order valence-electron chi connectivity index (χ1n) is 8.69. The van der Waals surface area contributed by atoms with Crippen LogP contribution in [0.2, 0.25) is 0 Å². The lowest BCUT2D eigenvalue weighted by Crippen LogP contribution is -2.39. The molecule has 0 bridgehead atoms. The van der Waals surface area contributed by atoms with E-state index in [1.54, 1.807) is 12.1 Å². The maximum absolute atomic E-state index is 13.5. The van der Waals surface area contributed by atoms with Gasteiger partial charge in [-0.1, -0.05) is 30.3 Å². The summed E-state index contributed by atoms with van der Waals surface area (Å²) in [5.74, 6) is -0.658. The number of benzene rings is 2. The highest BCUT2D eigenvalue weighted by Crippen LogP contribution is 2.48. The van der Waals surface area contributed by atoms with Crippen LogP contribution in [-0.2, 0) is 11.2 Å². The number of hydrogen-bond donors (Lipinski definition) is 0. The number of azo groups is 1. The number of fused-ring (bicyclic) bond motifs is 1. The normalized spacial score (nSPS) is 23.5. The molecule has 0 saturated carbocycles. The Bertz CT molecular complexity index is 964. The largest absolute Gasteiger partial charge is 0.465 e. The minimum Gasteiger partial charge on any atom is -0.465 e. The Labute approximate surface area is 152 Å². The number of nitrogens with zero attached hydrogens (tertiary/aromatic N) is 2. The van der Waals surface area contributed by atoms with Gasteiger partial charge in [0, 0.05) is 17.9 Å². The number of hydrogen-bond acceptors (Lipinski definition) is 5. The molecule has 0 aromatic heterocycles. The van der Waals surface area contributed by atoms with Gasteiger partial charge in [0.05, 0.1) is 19.2 Å². The van der Waals surface area contributed by atoms with Crippen molar-refractivity contribution >= 4 is 11.8 Å². The highest BCUT2D eigenvalue weighted by atomic mass is 16.5. The maximum Gasteiger partial charge on any atom is 0.338 e. The van der Waals surface area contributed by atoms with Gasteiger partial charge in [-0.15, -0.1) is 0 Å². The lowest BCUT2D eigenvalue weighted by Gasteiger charge is -2.27. The molecular formula is C21H20N2O3. The summed E-state index contributed by atoms with van der Waals surface area (Å²) < 4.78 is 4.93. The number of Topliss-reactive ketones (excluding diaryl/α,β-unsaturated/α-hetero) is 1. The maximum atomic E-state index is 13.5. The second-order valence-corrected chi connectivity index (χ2v) is 7.03. The molecule has 26 heavy (non-hydrogen) atoms. The highest BCUT2D eigenvalue weighted by Gasteiger charge is 2.55. The third-order valence-electron chi connectivity index (χ3n) is 5.73. The lowest BCUT2D eigenvalue weighted by molar-refractivity contribution is 0.0597. The Kier molecular flexibility index (Phi) is 3.75. The van der Waals surface area contributed by atoms with Gasteiger partial charge in [0.15, 0.2) is 11.3 Å². The van der Waals surface area contributed by atoms with Crippen LogP contribution in [0.25, 0.3) is 0 Å². The summed E-state index contributed by atoms with van der Waals surface area (Å²) >= 11 is 0. The molecule has 2 aromatic rings. The van der Waals surface area contributed by atoms with Gasteiger partial charge in [-0.05, 0) is 42.2 Å². The van der Waals surface area contributed by atoms with Crippen LogP contribution < -0.4 is 0 Å². The molecule has 0 saturated heterocycles. The molecule has 0 amide bonds. The summed E-state index contributed by atoms with van der Waals surface area (Å²) in [7, 11) is 1.36. The fourth-order valence-electron chi connectivity index (χ4n) is 4.21. The Morgan fingerprint density at radius 3 is 2.73 bits per heavy atom. The molecule has 132 valence electrons. The van der Waals surface area contributed by atoms with E-state index >= 15 is 0 Å². The minimum absolute atomic E-state index is 0.0135. The summed E-state index contributed by atoms with van der Waals surface area (Å²) in [5, 5.41) is 8.68. The molecule has 2 atom stereocenters. The third-order valence-corrected chi connectivity index (χ3v) is 5.73. The van der Waals surface area contributed by atoms with E-state index in [-0.39, 0.29) is 11.7 Å². The Morgan fingerprint density at radius 2 is 1.96 bits per heavy atom. The van der Waals surface area contributed by atoms with E-state index in [9.17, 15) is 9.59 Å². The van der Waals surface area contributed by atoms with Gasteiger partial charge in [0.2, 0.25) is 0 Å². The van der Waals surface area contributed by atoms with Gasteiger partial charge in [0.1, 0.15) is 0 Å². The fourth-order valence-corrected chi connectivity index (χ4v) is 4.21. The van der Waals surface area contributed by atoms with Crippen molar-refractivity contribution in [1.29, 1.82) is 0 Å². The summed E-state index contributed by atoms with van der Waals surface area (Å²) in [4.78, 5) is 25.7. The van der Waals surface area contributed by atoms with Gasteiger partial charge in [0.25, 0.3) is 0 Å². The van der Waals surface area contributed by atoms with Crippen molar-refractivity contribution in [3.8, 4) is 0 Å². The van der Waals surface area contributed by atoms with Crippen molar-refractivity contribution in [1.82, 2.24) is 0 Å². The number of ketones is 1. The van der Waals surface area contributed by atoms with Crippen LogP contribution in [0, 0.1) is 13.8 Å². The topological polar surface area (TPSA) is 68.1 Å². The summed E-state index contributed by atoms with van der Waals surface area (Å²) in [6.45, 7) is 4.38. The molecule has 4 rings (SSSR count). The molecule has 2 aliphatic rings. The van der Waals surface area contributed by atoms with Crippen LogP contribution in [0.15, 0.2) is 46.6 Å². The molecule has 1 aliphatic heterocycles. The van der Waals surface area contributed by atoms with E-state index in [4.69, 9.17) is 4.74 Å². The van der Waals surface area contributed by atoms with Crippen molar-refractivity contribution in [3.05, 3.63) is 69.8 Å². The van der Waals surface area contributed by atoms with E-state index in [0.29, 0.717) is 18.5 Å². The van der Waals surface area contributed by atoms with Crippen LogP contribution in [0.4, 0.5) is 0 Å². The zero-order chi connectivity index (χ0) is 18.5. The molecule has 0 N–H and O–H groups in total. The van der Waals surface area contributed by atoms with Crippen LogP contribution in [0.1, 0.15) is 48.9 Å². The van der Waals surface area contributed by atoms with Gasteiger partial charge in [-0.2, -0.15) is 10.2 Å². The van der Waals surface area contributed by atoms with Crippen LogP contribution >= 0.6 is 0 Å². The van der Waals surface area contributed by atoms with Gasteiger partial charge < -0.3 is 4.74 Å². The van der Waals surface area contributed by atoms with Gasteiger partial charge >= 0.3 is 5.97 Å². The van der Waals surface area contributed by atoms with E-state index in [1.165, 1.54) is 7.11 Å². The van der Waals surface area contributed by atoms with Crippen molar-refractivity contribution in [2.24, 2.45) is 10.2 Å². The van der Waals surface area contributed by atoms with Crippen molar-refractivity contribution < 1.29 is 14.3 Å². The Hall–Kier alpha value is -2.82. The lowest BCUT2D eigenvalue weighted by atomic mass is 9.76. The predicted molar refractivity (Wildman–Crippen MR) is 96.9 cm³/mol. The zero-order valence-corrected chi connectivity index (χ0v) is 15.1. The van der Waals surface area contributed by atoms with Crippen molar-refractivity contribution in [2.75, 3.05) is 13.7 Å². The first kappa shape index (κ1) is 16.6. The van der Waals surface area contributed by atoms with Gasteiger partial charge in [-0.3, -0.25) is 4.79 Å². The second kappa shape index (κ2) is 5.87. The average Bonchev–Trinajstić information content (AvgIpc) is 3.20. The van der Waals surface area contributed by atoms with E-state index < -0.39 is 11.5 Å². The summed E-state index contributed by atoms with van der Waals surface area (Å²) in [6, 6.07) is 11.3. The van der Waals surface area contributed by atoms with E-state index in [2.05, 4.69) is 10.2 Å². The molecule has 1 heterocycles. The van der Waals surface area contributed by atoms with Gasteiger partial charge in [-0.25, -0.2) is 4.79 Å². The van der Waals surface area contributed by atoms with Crippen LogP contribution in [0.3, 0.4) is 0 Å². The molecule has 5 heteroatoms. The van der Waals surface area contributed by atoms with E-state index in [1.807, 2.05) is 38.1 Å². The SMILES string of the molecule is COC(=O)c1ccccc1[C@H]1CN=N[C@@]12Cc1ccc(C)c(C)c1C2=O. The second-order valence-electron chi connectivity index (χ2n) is 7.03. The highest BCUT2D eigenvalue weighted by molar-refractivity contribution is 6.10. The quantitative estimate of drug-likeness (QED) is 0.775. The number of carbonyl (C=O) groups is 2. The molecule has 1 spiro atoms. The fraction of sp³-hybridized carbons (Fsp3) is 0.333. The molecule has 2 aromatic carbocycles. The van der Waals surface area contributed by atoms with Crippen LogP contribution in [-0.4, -0.2) is 30.9 Å². The smallest absolute Gasteiger partial charge is 0.338 e. The zero-order valence-electron chi connectivity index (χ0n) is 15.1. The average molecular weight is 348 g/mol. The number of carbonyl (C=O) groups excluding carboxylic acids is 2. The Balaban J connectivity index is 1.84. The monoisotopic (exact) mass is 348 g/mol. The predicted octanol–water partition coefficient (Wildman–Crippen LogP) is 3.82. The molecule has 1 aliphatic carbocycles. The number of methoxy groups -OCH3 is 1. The summed E-state index contributed by atoms with van der Waals surface area (Å²) in [5.41, 5.74) is 4.18. The number of esters is 1. The standard InChI is InChI=1S/C21H20N2O3/c1-12-8-9-14-10-21(19(24)18(14)13(12)2)17(11-22-23-21)15-6-4-5-7-16(15)20(25)26-3/h4-9,17H,10-11H2,1-3H3/t17-,21+/m1/s1. The number of rotatable bonds is 2. The molecule has 0 fully saturated rings. The minimum atomic E-state index is -0.953. The van der Waals surface area contributed by atoms with E-state index in [0.717, 1.165) is 27.8 Å². The molecule has 0 unspecified atom stereocenters. The first-order chi connectivity index (χ1) is 12.5. The van der Waals surface area contributed by atoms with Crippen molar-refractivity contribution in [2.45, 2.75) is 31.7 Å². The Morgan fingerprint density at radius 1 is 1.19 bits per heavy atom. The number of aryl methyl sites for hydroxylation is 1. The first-order valence-corrected chi connectivity index (χ1v) is 8.69. The molecule has 5 nitrogen and oxygen atoms in total. The third kappa shape index (κ3) is 2.16. The molecule has 0 radical (unpaired) electrons. The number of ether oxygens (including phenoxy) is 1.